The Balaban J connectivity index is 2.11. The molecule has 0 aliphatic carbocycles. The third-order valence-electron chi connectivity index (χ3n) is 3.61. The Morgan fingerprint density at radius 2 is 1.61 bits per heavy atom. The lowest BCUT2D eigenvalue weighted by atomic mass is 9.89. The van der Waals surface area contributed by atoms with Crippen molar-refractivity contribution in [2.45, 2.75) is 38.9 Å². The van der Waals surface area contributed by atoms with Gasteiger partial charge in [-0.05, 0) is 33.8 Å². The molecular formula is C14H18BFO2. The molecule has 0 N–H and O–H groups in total. The molecule has 0 aromatic heterocycles. The Morgan fingerprint density at radius 1 is 1.06 bits per heavy atom. The lowest BCUT2D eigenvalue weighted by Gasteiger charge is -2.32. The van der Waals surface area contributed by atoms with Crippen molar-refractivity contribution in [2.75, 3.05) is 0 Å². The van der Waals surface area contributed by atoms with E-state index in [0.29, 0.717) is 5.56 Å². The van der Waals surface area contributed by atoms with Crippen molar-refractivity contribution in [3.63, 3.8) is 0 Å². The van der Waals surface area contributed by atoms with E-state index in [1.165, 1.54) is 6.07 Å². The normalized spacial score (nSPS) is 21.7. The van der Waals surface area contributed by atoms with Crippen LogP contribution in [-0.2, 0) is 9.31 Å². The maximum atomic E-state index is 13.4. The molecule has 0 spiro atoms. The molecule has 0 amide bonds. The van der Waals surface area contributed by atoms with Crippen LogP contribution in [0.1, 0.15) is 33.3 Å². The first-order valence-corrected chi connectivity index (χ1v) is 6.10. The first kappa shape index (κ1) is 13.3. The molecule has 0 atom stereocenters. The summed E-state index contributed by atoms with van der Waals surface area (Å²) in [7, 11) is -0.436. The van der Waals surface area contributed by atoms with Gasteiger partial charge >= 0.3 is 7.12 Å². The summed E-state index contributed by atoms with van der Waals surface area (Å²) in [4.78, 5) is 0. The third kappa shape index (κ3) is 2.50. The minimum absolute atomic E-state index is 0.245. The highest BCUT2D eigenvalue weighted by atomic mass is 19.1. The van der Waals surface area contributed by atoms with Crippen LogP contribution in [0.15, 0.2) is 30.2 Å². The molecule has 1 aliphatic heterocycles. The van der Waals surface area contributed by atoms with E-state index >= 15 is 0 Å². The monoisotopic (exact) mass is 248 g/mol. The van der Waals surface area contributed by atoms with Crippen LogP contribution in [0.2, 0.25) is 0 Å². The lowest BCUT2D eigenvalue weighted by molar-refractivity contribution is 0.00578. The zero-order valence-corrected chi connectivity index (χ0v) is 11.2. The van der Waals surface area contributed by atoms with Gasteiger partial charge in [0, 0.05) is 5.56 Å². The van der Waals surface area contributed by atoms with Gasteiger partial charge in [-0.15, -0.1) is 0 Å². The average Bonchev–Trinajstić information content (AvgIpc) is 2.46. The minimum atomic E-state index is -0.436. The van der Waals surface area contributed by atoms with E-state index in [-0.39, 0.29) is 17.0 Å². The molecular weight excluding hydrogens is 230 g/mol. The average molecular weight is 248 g/mol. The predicted molar refractivity (Wildman–Crippen MR) is 71.5 cm³/mol. The van der Waals surface area contributed by atoms with Crippen molar-refractivity contribution in [3.05, 3.63) is 41.6 Å². The van der Waals surface area contributed by atoms with Crippen LogP contribution in [0.5, 0.6) is 0 Å². The smallest absolute Gasteiger partial charge is 0.400 e. The standard InChI is InChI=1S/C14H18BFO2/c1-13(2)14(3,4)18-15(17-13)10-9-11-7-5-6-8-12(11)16/h5-10H,1-4H3. The second-order valence-electron chi connectivity index (χ2n) is 5.51. The van der Waals surface area contributed by atoms with Gasteiger partial charge < -0.3 is 9.31 Å². The van der Waals surface area contributed by atoms with Crippen LogP contribution in [-0.4, -0.2) is 18.3 Å². The van der Waals surface area contributed by atoms with Crippen LogP contribution in [0, 0.1) is 5.82 Å². The van der Waals surface area contributed by atoms with Crippen LogP contribution in [0.3, 0.4) is 0 Å². The molecule has 1 aromatic rings. The molecule has 0 radical (unpaired) electrons. The highest BCUT2D eigenvalue weighted by Crippen LogP contribution is 2.37. The van der Waals surface area contributed by atoms with E-state index in [4.69, 9.17) is 9.31 Å². The molecule has 1 saturated heterocycles. The van der Waals surface area contributed by atoms with E-state index in [1.54, 1.807) is 30.3 Å². The summed E-state index contributed by atoms with van der Waals surface area (Å²) in [6.07, 6.45) is 1.69. The number of hydrogen-bond acceptors (Lipinski definition) is 2. The topological polar surface area (TPSA) is 18.5 Å². The Kier molecular flexibility index (Phi) is 3.34. The molecule has 4 heteroatoms. The summed E-state index contributed by atoms with van der Waals surface area (Å²) in [6.45, 7) is 7.96. The SMILES string of the molecule is CC1(C)OB(C=Cc2ccccc2F)OC1(C)C. The van der Waals surface area contributed by atoms with Crippen molar-refractivity contribution in [1.82, 2.24) is 0 Å². The molecule has 0 saturated carbocycles. The van der Waals surface area contributed by atoms with Crippen molar-refractivity contribution >= 4 is 13.2 Å². The Hall–Kier alpha value is -1.13. The van der Waals surface area contributed by atoms with E-state index in [1.807, 2.05) is 27.7 Å². The van der Waals surface area contributed by atoms with Crippen molar-refractivity contribution < 1.29 is 13.7 Å². The Bertz CT molecular complexity index is 453. The van der Waals surface area contributed by atoms with Crippen LogP contribution >= 0.6 is 0 Å². The number of rotatable bonds is 2. The first-order chi connectivity index (χ1) is 8.32. The van der Waals surface area contributed by atoms with Crippen LogP contribution in [0.25, 0.3) is 6.08 Å². The van der Waals surface area contributed by atoms with Gasteiger partial charge in [-0.3, -0.25) is 0 Å². The molecule has 18 heavy (non-hydrogen) atoms. The van der Waals surface area contributed by atoms with Gasteiger partial charge in [0.15, 0.2) is 0 Å². The fraction of sp³-hybridized carbons (Fsp3) is 0.429. The first-order valence-electron chi connectivity index (χ1n) is 6.10. The number of benzene rings is 1. The van der Waals surface area contributed by atoms with E-state index < -0.39 is 7.12 Å². The van der Waals surface area contributed by atoms with Gasteiger partial charge in [0.1, 0.15) is 5.82 Å². The largest absolute Gasteiger partial charge is 0.487 e. The maximum absolute atomic E-state index is 13.4. The van der Waals surface area contributed by atoms with Gasteiger partial charge in [-0.25, -0.2) is 4.39 Å². The van der Waals surface area contributed by atoms with E-state index in [9.17, 15) is 4.39 Å². The van der Waals surface area contributed by atoms with Gasteiger partial charge in [0.05, 0.1) is 11.2 Å². The quantitative estimate of drug-likeness (QED) is 0.746. The second-order valence-corrected chi connectivity index (χ2v) is 5.51. The molecule has 2 nitrogen and oxygen atoms in total. The van der Waals surface area contributed by atoms with Crippen molar-refractivity contribution in [2.24, 2.45) is 0 Å². The Morgan fingerprint density at radius 3 is 2.17 bits per heavy atom. The number of hydrogen-bond donors (Lipinski definition) is 0. The fourth-order valence-electron chi connectivity index (χ4n) is 1.76. The van der Waals surface area contributed by atoms with Crippen molar-refractivity contribution in [1.29, 1.82) is 0 Å². The zero-order valence-electron chi connectivity index (χ0n) is 11.2. The zero-order chi connectivity index (χ0) is 13.4. The second kappa shape index (κ2) is 4.52. The highest BCUT2D eigenvalue weighted by molar-refractivity contribution is 6.52. The highest BCUT2D eigenvalue weighted by Gasteiger charge is 2.49. The van der Waals surface area contributed by atoms with Gasteiger partial charge in [0.2, 0.25) is 0 Å². The van der Waals surface area contributed by atoms with Gasteiger partial charge in [-0.2, -0.15) is 0 Å². The summed E-state index contributed by atoms with van der Waals surface area (Å²) in [6, 6.07) is 6.62. The summed E-state index contributed by atoms with van der Waals surface area (Å²) in [5.74, 6) is 1.50. The van der Waals surface area contributed by atoms with Crippen molar-refractivity contribution in [3.8, 4) is 0 Å². The molecule has 0 bridgehead atoms. The van der Waals surface area contributed by atoms with Gasteiger partial charge in [-0.1, -0.05) is 30.3 Å². The molecule has 96 valence electrons. The Labute approximate surface area is 108 Å². The molecule has 2 rings (SSSR count). The third-order valence-corrected chi connectivity index (χ3v) is 3.61. The molecule has 1 fully saturated rings. The maximum Gasteiger partial charge on any atom is 0.487 e. The van der Waals surface area contributed by atoms with Crippen LogP contribution < -0.4 is 0 Å². The fourth-order valence-corrected chi connectivity index (χ4v) is 1.76. The van der Waals surface area contributed by atoms with Crippen LogP contribution in [0.4, 0.5) is 4.39 Å². The summed E-state index contributed by atoms with van der Waals surface area (Å²) < 4.78 is 25.0. The van der Waals surface area contributed by atoms with Gasteiger partial charge in [0.25, 0.3) is 0 Å². The summed E-state index contributed by atoms with van der Waals surface area (Å²) >= 11 is 0. The molecule has 0 unspecified atom stereocenters. The van der Waals surface area contributed by atoms with E-state index in [0.717, 1.165) is 0 Å². The lowest BCUT2D eigenvalue weighted by Crippen LogP contribution is -2.41. The molecule has 1 heterocycles. The number of halogens is 1. The molecule has 1 aromatic carbocycles. The van der Waals surface area contributed by atoms with E-state index in [2.05, 4.69) is 0 Å². The summed E-state index contributed by atoms with van der Waals surface area (Å²) in [5, 5.41) is 0. The molecule has 1 aliphatic rings. The minimum Gasteiger partial charge on any atom is -0.400 e. The predicted octanol–water partition coefficient (Wildman–Crippen LogP) is 3.47. The summed E-state index contributed by atoms with van der Waals surface area (Å²) in [5.41, 5.74) is -0.193.